The molecule has 0 saturated heterocycles. The summed E-state index contributed by atoms with van der Waals surface area (Å²) >= 11 is 0. The first-order chi connectivity index (χ1) is 48.0. The minimum atomic E-state index is -0.424. The predicted octanol–water partition coefficient (Wildman–Crippen LogP) is 15.5. The van der Waals surface area contributed by atoms with Gasteiger partial charge in [0.1, 0.15) is 24.4 Å². The monoisotopic (exact) mass is 1400 g/mol. The Morgan fingerprint density at radius 3 is 0.822 bits per heavy atom. The molecule has 6 rings (SSSR count). The van der Waals surface area contributed by atoms with Gasteiger partial charge >= 0.3 is 23.9 Å². The zero-order valence-electron chi connectivity index (χ0n) is 62.8. The van der Waals surface area contributed by atoms with Crippen LogP contribution in [-0.4, -0.2) is 96.8 Å². The van der Waals surface area contributed by atoms with Crippen molar-refractivity contribution in [2.24, 2.45) is 71.0 Å². The number of anilines is 4. The van der Waals surface area contributed by atoms with Crippen LogP contribution >= 0.6 is 0 Å². The molecule has 12 atom stereocenters. The number of hydrogen-bond donors (Lipinski definition) is 6. The molecule has 0 aliphatic heterocycles. The minimum Gasteiger partial charge on any atom is -0.462 e. The van der Waals surface area contributed by atoms with Crippen LogP contribution in [0.4, 0.5) is 22.7 Å². The summed E-state index contributed by atoms with van der Waals surface area (Å²) in [6, 6.07) is 9.81. The molecule has 2 aromatic rings. The van der Waals surface area contributed by atoms with Crippen LogP contribution in [0.3, 0.4) is 0 Å². The van der Waals surface area contributed by atoms with Crippen LogP contribution in [0.1, 0.15) is 255 Å². The van der Waals surface area contributed by atoms with E-state index in [2.05, 4.69) is 115 Å². The van der Waals surface area contributed by atoms with Crippen molar-refractivity contribution in [1.82, 2.24) is 10.6 Å². The number of benzene rings is 2. The second-order valence-corrected chi connectivity index (χ2v) is 31.3. The maximum Gasteiger partial charge on any atom is 0.306 e. The van der Waals surface area contributed by atoms with Gasteiger partial charge in [0.2, 0.25) is 35.4 Å². The quantitative estimate of drug-likeness (QED) is 0.0160. The van der Waals surface area contributed by atoms with E-state index >= 15 is 0 Å². The SMILES string of the molecule is CC(C)[C@@H]1CC[C@@H](C)C[C@H]1OC(=O)CCC(=O)Nc1cc(/C=C/C(=O)NCCCCCCCNC(=O)/C=C/c2cc(NC(=O)CCC(=O)O[C@@H]3C[C@H](C)CC[C@H]3C(C)C)cc(NC(=O)CCC(=O)O[C@@H]3C[C@H](C)CC[C@H]3C(C)C)c2)cc(NC(=O)CCC(=O)O[C@@H]2C[C@H](C)CC[C@H]2C(C)C)c1. The highest BCUT2D eigenvalue weighted by atomic mass is 16.6. The standard InChI is InChI=1S/C81H122N6O14/c1-50(2)64-24-18-54(9)40-68(64)98-78(94)34-30-74(90)84-60-44-58(45-61(48-60)85-75(91)31-35-79(95)99-69-41-55(10)19-25-65(69)51(3)4)22-28-72(88)82-38-16-14-13-15-17-39-83-73(89)29-23-59-46-62(86-76(92)32-36-80(96)100-70-42-56(11)20-26-66(70)52(5)6)49-63(47-59)87-77(93)33-37-81(97)101-71-43-57(12)21-27-67(71)53(7)8/h22-23,28-29,44-57,64-71H,13-21,24-27,30-43H2,1-12H3,(H,82,88)(H,83,89)(H,84,90)(H,85,91)(H,86,92)(H,87,93)/b28-22+,29-23+/t54-,55-,56-,57-,64+,65+,66+,67+,68-,69-,70-,71-/m1/s1. The molecule has 6 amide bonds. The summed E-state index contributed by atoms with van der Waals surface area (Å²) in [7, 11) is 0. The third-order valence-electron chi connectivity index (χ3n) is 21.1. The van der Waals surface area contributed by atoms with E-state index in [1.807, 2.05) is 0 Å². The first-order valence-electron chi connectivity index (χ1n) is 38.2. The number of amides is 6. The van der Waals surface area contributed by atoms with E-state index in [0.29, 0.717) is 107 Å². The second-order valence-electron chi connectivity index (χ2n) is 31.3. The average Bonchev–Trinajstić information content (AvgIpc) is 0.887. The van der Waals surface area contributed by atoms with Crippen molar-refractivity contribution in [3.63, 3.8) is 0 Å². The molecule has 0 spiro atoms. The Hall–Kier alpha value is -7.38. The van der Waals surface area contributed by atoms with E-state index in [0.717, 1.165) is 96.3 Å². The lowest BCUT2D eigenvalue weighted by Gasteiger charge is -2.36. The van der Waals surface area contributed by atoms with Gasteiger partial charge in [0, 0.05) is 73.7 Å². The van der Waals surface area contributed by atoms with Gasteiger partial charge in [0.05, 0.1) is 25.7 Å². The molecule has 0 aromatic heterocycles. The minimum absolute atomic E-state index is 0.0988. The predicted molar refractivity (Wildman–Crippen MR) is 396 cm³/mol. The highest BCUT2D eigenvalue weighted by Crippen LogP contribution is 2.40. The fraction of sp³-hybridized carbons (Fsp3) is 0.679. The maximum absolute atomic E-state index is 13.3. The normalized spacial score (nSPS) is 23.8. The average molecular weight is 1400 g/mol. The Kier molecular flexibility index (Phi) is 34.6. The van der Waals surface area contributed by atoms with Crippen LogP contribution in [0.5, 0.6) is 0 Å². The molecule has 4 aliphatic rings. The van der Waals surface area contributed by atoms with Crippen LogP contribution in [0, 0.1) is 71.0 Å². The Bertz CT molecular complexity index is 2770. The van der Waals surface area contributed by atoms with Crippen molar-refractivity contribution in [3.05, 3.63) is 59.7 Å². The van der Waals surface area contributed by atoms with Crippen molar-refractivity contribution < 1.29 is 66.9 Å². The zero-order chi connectivity index (χ0) is 73.7. The van der Waals surface area contributed by atoms with Crippen LogP contribution in [0.2, 0.25) is 0 Å². The first-order valence-corrected chi connectivity index (χ1v) is 38.2. The number of esters is 4. The van der Waals surface area contributed by atoms with Crippen molar-refractivity contribution in [1.29, 1.82) is 0 Å². The summed E-state index contributed by atoms with van der Waals surface area (Å²) < 4.78 is 23.7. The van der Waals surface area contributed by atoms with Crippen LogP contribution in [0.15, 0.2) is 48.6 Å². The van der Waals surface area contributed by atoms with Gasteiger partial charge in [0.25, 0.3) is 0 Å². The molecule has 0 heterocycles. The second kappa shape index (κ2) is 42.3. The molecule has 6 N–H and O–H groups in total. The van der Waals surface area contributed by atoms with Crippen molar-refractivity contribution in [2.45, 2.75) is 268 Å². The number of carbonyl (C=O) groups excluding carboxylic acids is 10. The van der Waals surface area contributed by atoms with E-state index in [1.54, 1.807) is 48.6 Å². The molecule has 101 heavy (non-hydrogen) atoms. The molecule has 20 heteroatoms. The van der Waals surface area contributed by atoms with E-state index < -0.39 is 47.5 Å². The molecule has 4 fully saturated rings. The highest BCUT2D eigenvalue weighted by Gasteiger charge is 2.37. The van der Waals surface area contributed by atoms with Gasteiger partial charge in [-0.25, -0.2) is 0 Å². The van der Waals surface area contributed by atoms with Gasteiger partial charge in [-0.2, -0.15) is 0 Å². The molecular weight excluding hydrogens is 1280 g/mol. The van der Waals surface area contributed by atoms with Crippen molar-refractivity contribution in [2.75, 3.05) is 34.4 Å². The molecule has 2 aromatic carbocycles. The van der Waals surface area contributed by atoms with Gasteiger partial charge in [-0.15, -0.1) is 0 Å². The summed E-state index contributed by atoms with van der Waals surface area (Å²) in [6.45, 7) is 26.6. The van der Waals surface area contributed by atoms with Crippen molar-refractivity contribution in [3.8, 4) is 0 Å². The van der Waals surface area contributed by atoms with E-state index in [1.165, 1.54) is 12.2 Å². The number of ether oxygens (including phenoxy) is 4. The maximum atomic E-state index is 13.3. The van der Waals surface area contributed by atoms with Gasteiger partial charge in [-0.1, -0.05) is 128 Å². The summed E-state index contributed by atoms with van der Waals surface area (Å²) in [5.41, 5.74) is 2.35. The third kappa shape index (κ3) is 30.2. The molecule has 4 saturated carbocycles. The Morgan fingerprint density at radius 1 is 0.347 bits per heavy atom. The van der Waals surface area contributed by atoms with Crippen LogP contribution < -0.4 is 31.9 Å². The summed E-state index contributed by atoms with van der Waals surface area (Å²) in [5, 5.41) is 17.2. The summed E-state index contributed by atoms with van der Waals surface area (Å²) in [4.78, 5) is 132. The fourth-order valence-electron chi connectivity index (χ4n) is 15.1. The van der Waals surface area contributed by atoms with Gasteiger partial charge < -0.3 is 50.8 Å². The van der Waals surface area contributed by atoms with Crippen molar-refractivity contribution >= 4 is 94.2 Å². The molecule has 0 unspecified atom stereocenters. The van der Waals surface area contributed by atoms with Gasteiger partial charge in [-0.05, 0) is 195 Å². The van der Waals surface area contributed by atoms with Crippen LogP contribution in [0.25, 0.3) is 12.2 Å². The summed E-state index contributed by atoms with van der Waals surface area (Å²) in [6.07, 6.45) is 19.8. The number of nitrogens with one attached hydrogen (secondary N) is 6. The lowest BCUT2D eigenvalue weighted by Crippen LogP contribution is -2.36. The fourth-order valence-corrected chi connectivity index (χ4v) is 15.1. The van der Waals surface area contributed by atoms with Gasteiger partial charge in [0.15, 0.2) is 0 Å². The smallest absolute Gasteiger partial charge is 0.306 e. The van der Waals surface area contributed by atoms with E-state index in [9.17, 15) is 47.9 Å². The largest absolute Gasteiger partial charge is 0.462 e. The third-order valence-corrected chi connectivity index (χ3v) is 21.1. The van der Waals surface area contributed by atoms with Crippen LogP contribution in [-0.2, 0) is 66.9 Å². The molecule has 0 bridgehead atoms. The molecule has 560 valence electrons. The van der Waals surface area contributed by atoms with E-state index in [-0.39, 0.29) is 111 Å². The Morgan fingerprint density at radius 2 is 0.584 bits per heavy atom. The zero-order valence-corrected chi connectivity index (χ0v) is 62.8. The number of unbranched alkanes of at least 4 members (excludes halogenated alkanes) is 4. The van der Waals surface area contributed by atoms with Gasteiger partial charge in [-0.3, -0.25) is 47.9 Å². The summed E-state index contributed by atoms with van der Waals surface area (Å²) in [5.74, 6) is 0.271. The number of rotatable bonds is 36. The Balaban J connectivity index is 0.966. The number of hydrogen-bond acceptors (Lipinski definition) is 14. The topological polar surface area (TPSA) is 280 Å². The lowest BCUT2D eigenvalue weighted by molar-refractivity contribution is -0.157. The molecule has 4 aliphatic carbocycles. The first kappa shape index (κ1) is 82.6. The molecule has 0 radical (unpaired) electrons. The molecular formula is C81H122N6O14. The number of carbonyl (C=O) groups is 10. The lowest BCUT2D eigenvalue weighted by atomic mass is 9.75. The molecule has 20 nitrogen and oxygen atoms in total. The highest BCUT2D eigenvalue weighted by molar-refractivity contribution is 5.99. The Labute approximate surface area is 602 Å². The van der Waals surface area contributed by atoms with E-state index in [4.69, 9.17) is 18.9 Å².